The minimum atomic E-state index is -1.35. The normalized spacial score (nSPS) is 24.6. The molecule has 3 aliphatic heterocycles. The number of carbonyl (C=O) groups is 2. The maximum Gasteiger partial charge on any atom is 0.306 e. The third kappa shape index (κ3) is 24.6. The molecule has 15 atom stereocenters. The van der Waals surface area contributed by atoms with Gasteiger partial charge in [-0.25, -0.2) is 0 Å². The van der Waals surface area contributed by atoms with Gasteiger partial charge in [-0.05, 0) is 57.9 Å². The molecule has 3 fully saturated rings. The van der Waals surface area contributed by atoms with E-state index in [4.69, 9.17) is 71.1 Å². The summed E-state index contributed by atoms with van der Waals surface area (Å²) in [4.78, 5) is 26.7. The van der Waals surface area contributed by atoms with Crippen LogP contribution >= 0.6 is 0 Å². The van der Waals surface area contributed by atoms with Gasteiger partial charge in [-0.1, -0.05) is 282 Å². The molecule has 3 aliphatic rings. The van der Waals surface area contributed by atoms with Crippen molar-refractivity contribution in [1.29, 1.82) is 0 Å². The van der Waals surface area contributed by atoms with Crippen LogP contribution < -0.4 is 5.32 Å². The van der Waals surface area contributed by atoms with Crippen molar-refractivity contribution in [2.75, 3.05) is 26.9 Å². The molecule has 0 spiro atoms. The number of benzene rings is 8. The van der Waals surface area contributed by atoms with Gasteiger partial charge in [0.25, 0.3) is 0 Å². The van der Waals surface area contributed by atoms with Crippen molar-refractivity contribution < 1.29 is 80.6 Å². The second-order valence-corrected chi connectivity index (χ2v) is 26.8. The van der Waals surface area contributed by atoms with Crippen LogP contribution in [-0.4, -0.2) is 131 Å². The van der Waals surface area contributed by atoms with E-state index < -0.39 is 98.1 Å². The second-order valence-electron chi connectivity index (χ2n) is 26.8. The SMILES string of the molecule is CCCCCCCCO[C@@H]1OC(COCc2ccccc2)[C@@H](O[C@@H]2OC(COCc3ccccc3)[C@H](OCc3ccccc3)[C@H](O[C@@H]3OC(C)[C@@H](OC(=O)CCC(=O)NC)[C@H](OCc4ccccc4)C3OCc3ccccc3)C2OCc2ccccc2)[C@@H](OCc2ccccc2)C1OCc1ccccc1. The lowest BCUT2D eigenvalue weighted by atomic mass is 9.95. The van der Waals surface area contributed by atoms with Gasteiger partial charge in [0.05, 0.1) is 78.6 Å². The zero-order valence-electron chi connectivity index (χ0n) is 60.6. The summed E-state index contributed by atoms with van der Waals surface area (Å²) in [5.41, 5.74) is 7.21. The summed E-state index contributed by atoms with van der Waals surface area (Å²) < 4.78 is 108. The molecule has 3 saturated heterocycles. The Hall–Kier alpha value is -7.86. The fourth-order valence-corrected chi connectivity index (χ4v) is 13.2. The average molecular weight is 1430 g/mol. The predicted molar refractivity (Wildman–Crippen MR) is 396 cm³/mol. The van der Waals surface area contributed by atoms with Gasteiger partial charge in [0.2, 0.25) is 5.91 Å². The minimum absolute atomic E-state index is 0.0256. The molecule has 3 heterocycles. The van der Waals surface area contributed by atoms with Gasteiger partial charge >= 0.3 is 5.97 Å². The Balaban J connectivity index is 1.04. The molecular weight excluding hydrogens is 1330 g/mol. The Morgan fingerprint density at radius 1 is 0.333 bits per heavy atom. The number of rotatable bonds is 42. The highest BCUT2D eigenvalue weighted by Gasteiger charge is 2.57. The molecule has 0 radical (unpaired) electrons. The highest BCUT2D eigenvalue weighted by atomic mass is 16.8. The lowest BCUT2D eigenvalue weighted by molar-refractivity contribution is -0.394. The summed E-state index contributed by atoms with van der Waals surface area (Å²) in [6, 6.07) is 79.2. The first-order valence-electron chi connectivity index (χ1n) is 37.2. The summed E-state index contributed by atoms with van der Waals surface area (Å²) >= 11 is 0. The molecule has 0 aliphatic carbocycles. The first kappa shape index (κ1) is 78.2. The topological polar surface area (TPSA) is 185 Å². The van der Waals surface area contributed by atoms with Gasteiger partial charge in [-0.2, -0.15) is 0 Å². The monoisotopic (exact) mass is 1430 g/mol. The number of hydrogen-bond donors (Lipinski definition) is 1. The third-order valence-electron chi connectivity index (χ3n) is 18.9. The number of amides is 1. The Kier molecular flexibility index (Phi) is 32.1. The molecule has 8 aromatic rings. The van der Waals surface area contributed by atoms with Crippen LogP contribution in [0.1, 0.15) is 110 Å². The largest absolute Gasteiger partial charge is 0.457 e. The maximum atomic E-state index is 14.1. The molecule has 558 valence electrons. The molecule has 0 saturated carbocycles. The molecule has 6 unspecified atom stereocenters. The summed E-state index contributed by atoms with van der Waals surface area (Å²) in [7, 11) is 1.53. The Morgan fingerprint density at radius 3 is 1.08 bits per heavy atom. The molecule has 105 heavy (non-hydrogen) atoms. The van der Waals surface area contributed by atoms with E-state index in [0.29, 0.717) is 6.61 Å². The summed E-state index contributed by atoms with van der Waals surface area (Å²) in [5, 5.41) is 2.61. The molecule has 1 N–H and O–H groups in total. The van der Waals surface area contributed by atoms with Gasteiger partial charge in [0.15, 0.2) is 25.0 Å². The quantitative estimate of drug-likeness (QED) is 0.0281. The van der Waals surface area contributed by atoms with Crippen LogP contribution in [0.25, 0.3) is 0 Å². The van der Waals surface area contributed by atoms with E-state index in [-0.39, 0.29) is 84.8 Å². The highest BCUT2D eigenvalue weighted by molar-refractivity contribution is 5.81. The standard InChI is InChI=1S/C87H103NO17/c1-4-5-6-7-8-33-52-93-85-82(97-58-69-44-27-14-28-45-69)80(96-57-68-42-25-13-26-43-68)78(73(101-85)62-92-54-65-36-19-10-20-37-65)104-87-84(99-60-71-48-31-16-32-49-71)81(77(94-55-66-38-21-11-22-39-66)72(102-87)61-91-53-64-34-17-9-18-35-64)105-86-83(98-59-70-46-29-15-30-47-70)79(95-56-67-40-23-12-24-41-67)76(63(2)100-86)103-75(90)51-50-74(89)88-3/h9-32,34-49,63,72-73,76-87H,4-8,33,50-62H2,1-3H3,(H,88,89)/t63?,72?,73?,76-,77+,78-,79+,80-,81+,82?,83?,84?,85-,86+,87+/m1/s1. The first-order valence-corrected chi connectivity index (χ1v) is 37.2. The van der Waals surface area contributed by atoms with Crippen molar-refractivity contribution in [3.63, 3.8) is 0 Å². The Morgan fingerprint density at radius 2 is 0.657 bits per heavy atom. The average Bonchev–Trinajstić information content (AvgIpc) is 0.763. The molecule has 0 aromatic heterocycles. The van der Waals surface area contributed by atoms with E-state index in [2.05, 4.69) is 12.2 Å². The van der Waals surface area contributed by atoms with E-state index in [9.17, 15) is 9.59 Å². The summed E-state index contributed by atoms with van der Waals surface area (Å²) in [6.45, 7) is 5.61. The maximum absolute atomic E-state index is 14.1. The number of ether oxygens (including phenoxy) is 15. The van der Waals surface area contributed by atoms with Crippen LogP contribution in [0.2, 0.25) is 0 Å². The lowest BCUT2D eigenvalue weighted by Crippen LogP contribution is -2.68. The number of esters is 1. The third-order valence-corrected chi connectivity index (χ3v) is 18.9. The van der Waals surface area contributed by atoms with Gasteiger partial charge < -0.3 is 76.4 Å². The van der Waals surface area contributed by atoms with Crippen molar-refractivity contribution in [2.45, 2.75) is 210 Å². The number of nitrogens with one attached hydrogen (secondary N) is 1. The van der Waals surface area contributed by atoms with Crippen molar-refractivity contribution in [1.82, 2.24) is 5.32 Å². The van der Waals surface area contributed by atoms with Crippen LogP contribution in [0.15, 0.2) is 243 Å². The van der Waals surface area contributed by atoms with Crippen LogP contribution in [0.3, 0.4) is 0 Å². The van der Waals surface area contributed by atoms with E-state index in [1.165, 1.54) is 13.5 Å². The second kappa shape index (κ2) is 43.1. The van der Waals surface area contributed by atoms with Crippen LogP contribution in [-0.2, 0) is 133 Å². The number of unbranched alkanes of at least 4 members (excludes halogenated alkanes) is 5. The number of hydrogen-bond acceptors (Lipinski definition) is 17. The van der Waals surface area contributed by atoms with Crippen molar-refractivity contribution >= 4 is 11.9 Å². The molecule has 8 aromatic carbocycles. The zero-order valence-corrected chi connectivity index (χ0v) is 60.6. The fraction of sp³-hybridized carbons (Fsp3) is 0.425. The molecule has 18 nitrogen and oxygen atoms in total. The fourth-order valence-electron chi connectivity index (χ4n) is 13.2. The van der Waals surface area contributed by atoms with Crippen LogP contribution in [0.4, 0.5) is 0 Å². The van der Waals surface area contributed by atoms with E-state index in [1.54, 1.807) is 0 Å². The smallest absolute Gasteiger partial charge is 0.306 e. The summed E-state index contributed by atoms with van der Waals surface area (Å²) in [6.07, 6.45) is -9.81. The van der Waals surface area contributed by atoms with E-state index in [0.717, 1.165) is 76.6 Å². The van der Waals surface area contributed by atoms with E-state index in [1.807, 2.05) is 250 Å². The van der Waals surface area contributed by atoms with Crippen molar-refractivity contribution in [2.24, 2.45) is 0 Å². The van der Waals surface area contributed by atoms with Gasteiger partial charge in [0, 0.05) is 20.1 Å². The highest BCUT2D eigenvalue weighted by Crippen LogP contribution is 2.40. The minimum Gasteiger partial charge on any atom is -0.457 e. The van der Waals surface area contributed by atoms with Gasteiger partial charge in [-0.3, -0.25) is 9.59 Å². The van der Waals surface area contributed by atoms with Crippen LogP contribution in [0.5, 0.6) is 0 Å². The summed E-state index contributed by atoms with van der Waals surface area (Å²) in [5.74, 6) is -0.929. The number of carbonyl (C=O) groups excluding carboxylic acids is 2. The van der Waals surface area contributed by atoms with Crippen LogP contribution in [0, 0.1) is 0 Å². The van der Waals surface area contributed by atoms with E-state index >= 15 is 0 Å². The zero-order chi connectivity index (χ0) is 72.5. The molecule has 11 rings (SSSR count). The molecule has 0 bridgehead atoms. The lowest BCUT2D eigenvalue weighted by Gasteiger charge is -2.51. The molecule has 18 heteroatoms. The predicted octanol–water partition coefficient (Wildman–Crippen LogP) is 14.7. The van der Waals surface area contributed by atoms with Crippen molar-refractivity contribution in [3.05, 3.63) is 287 Å². The Bertz CT molecular complexity index is 3670. The van der Waals surface area contributed by atoms with Gasteiger partial charge in [-0.15, -0.1) is 0 Å². The van der Waals surface area contributed by atoms with Gasteiger partial charge in [0.1, 0.15) is 61.0 Å². The Labute approximate surface area is 619 Å². The molecular formula is C87H103NO17. The van der Waals surface area contributed by atoms with Crippen molar-refractivity contribution in [3.8, 4) is 0 Å². The first-order chi connectivity index (χ1) is 51.7. The molecule has 1 amide bonds.